The fraction of sp³-hybridized carbons (Fsp3) is 1.00. The highest BCUT2D eigenvalue weighted by Crippen LogP contribution is 1.95. The second-order valence-electron chi connectivity index (χ2n) is 15.2. The molecule has 12 atom stereocenters. The Kier molecular flexibility index (Phi) is 27.7. The normalized spacial score (nSPS) is 32.6. The van der Waals surface area contributed by atoms with Crippen molar-refractivity contribution in [2.45, 2.75) is 231 Å². The third-order valence-electron chi connectivity index (χ3n) is 9.30. The van der Waals surface area contributed by atoms with Crippen LogP contribution in [0.1, 0.15) is 241 Å². The van der Waals surface area contributed by atoms with Gasteiger partial charge in [-0.15, -0.1) is 0 Å². The van der Waals surface area contributed by atoms with Crippen LogP contribution in [0.15, 0.2) is 0 Å². The van der Waals surface area contributed by atoms with Gasteiger partial charge in [0.2, 0.25) is 0 Å². The molecule has 0 aliphatic rings. The van der Waals surface area contributed by atoms with Gasteiger partial charge >= 0.3 is 0 Å². The van der Waals surface area contributed by atoms with Gasteiger partial charge in [0.25, 0.3) is 0 Å². The van der Waals surface area contributed by atoms with E-state index < -0.39 is 296 Å². The third-order valence-corrected chi connectivity index (χ3v) is 9.30. The molecular weight excluding hydrogens is 1080 g/mol. The zero-order valence-electron chi connectivity index (χ0n) is 108. The lowest BCUT2D eigenvalue weighted by Crippen LogP contribution is -2.40. The predicted octanol–water partition coefficient (Wildman–Crippen LogP) is -1.76. The molecule has 0 aromatic carbocycles. The van der Waals surface area contributed by atoms with Crippen molar-refractivity contribution in [3.05, 3.63) is 0 Å². The lowest BCUT2D eigenvalue weighted by molar-refractivity contribution is 0.229. The molecule has 0 unspecified atom stereocenters. The molecule has 24 heteroatoms. The van der Waals surface area contributed by atoms with Crippen molar-refractivity contribution >= 4 is 0 Å². The molecule has 84 heavy (non-hydrogen) atoms. The monoisotopic (exact) mass is 1290 g/mol. The molecule has 0 radical (unpaired) electrons. The third kappa shape index (κ3) is 65.5. The number of nitrogens with one attached hydrogen (secondary N) is 12. The van der Waals surface area contributed by atoms with Gasteiger partial charge in [0, 0.05) is 233 Å². The average molecular weight is 1290 g/mol. The molecule has 0 amide bonds. The highest BCUT2D eigenvalue weighted by atomic mass is 16.3. The molecule has 0 aliphatic heterocycles. The van der Waals surface area contributed by atoms with E-state index in [9.17, 15) is 30.6 Å². The van der Waals surface area contributed by atoms with E-state index in [0.717, 1.165) is 0 Å². The lowest BCUT2D eigenvalue weighted by Gasteiger charge is -2.17. The Morgan fingerprint density at radius 2 is 0.417 bits per heavy atom. The lowest BCUT2D eigenvalue weighted by atomic mass is 10.2. The highest BCUT2D eigenvalue weighted by Gasteiger charge is 2.10. The number of aliphatic hydroxyl groups excluding tert-OH is 12. The molecule has 0 saturated heterocycles. The Hall–Kier alpha value is -0.960. The van der Waals surface area contributed by atoms with Gasteiger partial charge in [-0.3, -0.25) is 0 Å². The van der Waals surface area contributed by atoms with Gasteiger partial charge in [-0.05, 0) is 76.7 Å². The van der Waals surface area contributed by atoms with E-state index in [1.54, 1.807) is 24.5 Å². The standard InChI is InChI=1S/6C10H24N2O2/c6*1-3-9(7-13)11-5-6-12-10(4-2)8-14/h6*9-14H,3-8H2,1-2H3/t6*9-,10-/m111100/s1/i1D3,2D3,3D2,4D2,5D2,6D2,9D,10D;1D3,2D3,3D2,4D2,9D,10D;5D2,6D2,9D,10D;9D,10D;1D3,2D3,3D2,4D2,5D2,6D2;1D3,2D3,3D2,4D2. The van der Waals surface area contributed by atoms with E-state index in [0.29, 0.717) is 25.9 Å². The molecule has 0 fully saturated rings. The van der Waals surface area contributed by atoms with E-state index in [-0.39, 0.29) is 39.1 Å². The number of hydrogen-bond acceptors (Lipinski definition) is 24. The van der Waals surface area contributed by atoms with Crippen LogP contribution < -0.4 is 63.8 Å². The summed E-state index contributed by atoms with van der Waals surface area (Å²) >= 11 is 0. The van der Waals surface area contributed by atoms with Crippen LogP contribution in [0.25, 0.3) is 0 Å². The first-order valence-electron chi connectivity index (χ1n) is 55.7. The minimum absolute atomic E-state index is 0.0683. The first-order chi connectivity index (χ1) is 63.2. The maximum absolute atomic E-state index is 9.37. The highest BCUT2D eigenvalue weighted by molar-refractivity contribution is 4.72. The number of rotatable bonds is 54. The van der Waals surface area contributed by atoms with Gasteiger partial charge in [0.1, 0.15) is 0 Å². The summed E-state index contributed by atoms with van der Waals surface area (Å²) in [6.07, 6.45) is -24.1. The summed E-state index contributed by atoms with van der Waals surface area (Å²) in [6, 6.07) is -24.4. The van der Waals surface area contributed by atoms with Gasteiger partial charge in [-0.25, -0.2) is 0 Å². The Morgan fingerprint density at radius 3 is 0.631 bits per heavy atom. The summed E-state index contributed by atoms with van der Waals surface area (Å²) in [7, 11) is 0. The second-order valence-corrected chi connectivity index (χ2v) is 15.2. The Bertz CT molecular complexity index is 3390. The summed E-state index contributed by atoms with van der Waals surface area (Å²) in [5.41, 5.74) is 0. The summed E-state index contributed by atoms with van der Waals surface area (Å²) in [5, 5.41) is 136. The minimum atomic E-state index is -3.69. The van der Waals surface area contributed by atoms with Crippen LogP contribution >= 0.6 is 0 Å². The molecule has 0 saturated carbocycles. The first-order valence-corrected chi connectivity index (χ1v) is 25.7. The number of aliphatic hydroxyl groups is 12. The molecule has 0 spiro atoms. The van der Waals surface area contributed by atoms with E-state index in [1.165, 1.54) is 10.6 Å². The Labute approximate surface area is 598 Å². The molecule has 24 N–H and O–H groups in total. The van der Waals surface area contributed by atoms with Gasteiger partial charge in [0.05, 0.1) is 79.3 Å². The van der Waals surface area contributed by atoms with E-state index in [1.807, 2.05) is 13.8 Å². The van der Waals surface area contributed by atoms with Gasteiger partial charge < -0.3 is 125 Å². The predicted molar refractivity (Wildman–Crippen MR) is 350 cm³/mol. The fourth-order valence-electron chi connectivity index (χ4n) is 4.24. The van der Waals surface area contributed by atoms with E-state index in [4.69, 9.17) is 113 Å². The first kappa shape index (κ1) is 29.8. The SMILES string of the molecule is [2H]C([2H])(N[C@]([2H])(CC)CO)C([2H])([2H])N[C@]([2H])(CC)CO.[2H]C([2H])([2H])C([2H])([2H])[C@@H](CO)NC([2H])([2H])C([2H])([2H])N[C@H](CO)C([2H])([2H])C([2H])([2H])[2H].[2H]C([2H])([2H])C([2H])([2H])[C@@H](CO)NCCN[C@H](CO)C([2H])([2H])C([2H])([2H])[2H].[2H]C([2H])([2H])C([2H])([2H])[C@]([2H])(CO)NC([2H])([2H])C([2H])([2H])N[C@@]([2H])(CO)C([2H])([2H])C([2H])([2H])[2H].[2H]C([2H])([2H])C([2H])([2H])[C@]([2H])(CO)NCCN[C@@]([2H])(CO)C([2H])([2H])C([2H])([2H])[2H].[2H][C@@](CC)(CO)NCCN[C@]([2H])(CC)CO. The van der Waals surface area contributed by atoms with Crippen LogP contribution in [0.2, 0.25) is 0 Å². The Morgan fingerprint density at radius 1 is 0.238 bits per heavy atom. The van der Waals surface area contributed by atoms with Crippen molar-refractivity contribution in [1.29, 1.82) is 0 Å². The average Bonchev–Trinajstić information content (AvgIpc) is 0.737. The van der Waals surface area contributed by atoms with Crippen LogP contribution in [0, 0.1) is 0 Å². The molecule has 0 heterocycles. The minimum Gasteiger partial charge on any atom is -0.395 e. The van der Waals surface area contributed by atoms with Gasteiger partial charge in [-0.1, -0.05) is 82.5 Å². The van der Waals surface area contributed by atoms with E-state index >= 15 is 0 Å². The zero-order chi connectivity index (χ0) is 117. The summed E-state index contributed by atoms with van der Waals surface area (Å²) in [6.45, 7) is -50.3. The fourth-order valence-corrected chi connectivity index (χ4v) is 4.24. The van der Waals surface area contributed by atoms with Crippen molar-refractivity contribution in [2.75, 3.05) is 158 Å². The van der Waals surface area contributed by atoms with Crippen LogP contribution in [-0.4, -0.2) is 291 Å². The van der Waals surface area contributed by atoms with Crippen molar-refractivity contribution in [2.24, 2.45) is 0 Å². The molecule has 24 nitrogen and oxygen atoms in total. The molecule has 516 valence electrons. The molecule has 0 aromatic rings. The second kappa shape index (κ2) is 78.1. The largest absolute Gasteiger partial charge is 0.395 e. The maximum Gasteiger partial charge on any atom is 0.0584 e. The topological polar surface area (TPSA) is 387 Å². The Balaban J connectivity index is -0.000000401. The smallest absolute Gasteiger partial charge is 0.0584 e. The quantitative estimate of drug-likeness (QED) is 0.0300. The summed E-state index contributed by atoms with van der Waals surface area (Å²) in [4.78, 5) is 0. The molecule has 0 aromatic heterocycles. The van der Waals surface area contributed by atoms with Crippen molar-refractivity contribution < 1.29 is 144 Å². The van der Waals surface area contributed by atoms with Crippen molar-refractivity contribution in [1.82, 2.24) is 63.8 Å². The van der Waals surface area contributed by atoms with Crippen molar-refractivity contribution in [3.8, 4) is 0 Å². The van der Waals surface area contributed by atoms with Gasteiger partial charge in [0.15, 0.2) is 0 Å². The molecule has 0 bridgehead atoms. The van der Waals surface area contributed by atoms with Crippen LogP contribution in [0.4, 0.5) is 0 Å². The summed E-state index contributed by atoms with van der Waals surface area (Å²) < 4.78 is 449. The summed E-state index contributed by atoms with van der Waals surface area (Å²) in [5.74, 6) is 0. The maximum atomic E-state index is 9.37. The molecule has 0 aliphatic carbocycles. The molecular formula is C60H144N12O12. The zero-order valence-corrected chi connectivity index (χ0v) is 48.2. The molecule has 0 rings (SSSR count). The van der Waals surface area contributed by atoms with Crippen molar-refractivity contribution in [3.63, 3.8) is 0 Å². The van der Waals surface area contributed by atoms with Crippen LogP contribution in [0.5, 0.6) is 0 Å². The van der Waals surface area contributed by atoms with Crippen LogP contribution in [0.3, 0.4) is 0 Å². The van der Waals surface area contributed by atoms with Gasteiger partial charge in [-0.2, -0.15) is 0 Å². The van der Waals surface area contributed by atoms with Crippen LogP contribution in [-0.2, 0) is 0 Å². The van der Waals surface area contributed by atoms with E-state index in [2.05, 4.69) is 42.5 Å². The number of hydrogen-bond donors (Lipinski definition) is 24.